The summed E-state index contributed by atoms with van der Waals surface area (Å²) >= 11 is 0. The summed E-state index contributed by atoms with van der Waals surface area (Å²) in [6, 6.07) is 5.13. The first-order valence-electron chi connectivity index (χ1n) is 7.23. The van der Waals surface area contributed by atoms with E-state index in [1.807, 2.05) is 6.07 Å². The molecule has 0 saturated carbocycles. The predicted molar refractivity (Wildman–Crippen MR) is 79.3 cm³/mol. The monoisotopic (exact) mass is 288 g/mol. The van der Waals surface area contributed by atoms with E-state index in [4.69, 9.17) is 0 Å². The number of hydrogen-bond donors (Lipinski definition) is 1. The molecule has 21 heavy (non-hydrogen) atoms. The summed E-state index contributed by atoms with van der Waals surface area (Å²) in [5.41, 5.74) is 1.68. The lowest BCUT2D eigenvalue weighted by Gasteiger charge is -2.37. The van der Waals surface area contributed by atoms with Gasteiger partial charge in [0.15, 0.2) is 0 Å². The molecule has 0 aliphatic carbocycles. The Labute approximate surface area is 123 Å². The standard InChI is InChI=1S/C15H20N4O2/c1-15(6-8-18(2)9-7-15)10-19-13-11(14(20)21)4-3-5-12(13)16-17-19/h3-5H,6-10H2,1-2H3,(H,20,21). The molecule has 0 unspecified atom stereocenters. The van der Waals surface area contributed by atoms with Gasteiger partial charge in [-0.1, -0.05) is 18.2 Å². The van der Waals surface area contributed by atoms with Gasteiger partial charge >= 0.3 is 5.97 Å². The SMILES string of the molecule is CN1CCC(C)(Cn2nnc3cccc(C(=O)O)c32)CC1. The average molecular weight is 288 g/mol. The molecule has 1 aliphatic rings. The number of hydrogen-bond acceptors (Lipinski definition) is 4. The highest BCUT2D eigenvalue weighted by Gasteiger charge is 2.30. The van der Waals surface area contributed by atoms with Crippen molar-refractivity contribution in [2.75, 3.05) is 20.1 Å². The highest BCUT2D eigenvalue weighted by atomic mass is 16.4. The minimum atomic E-state index is -0.933. The summed E-state index contributed by atoms with van der Waals surface area (Å²) in [5.74, 6) is -0.933. The second-order valence-corrected chi connectivity index (χ2v) is 6.34. The Morgan fingerprint density at radius 1 is 1.38 bits per heavy atom. The van der Waals surface area contributed by atoms with Gasteiger partial charge in [0.1, 0.15) is 11.0 Å². The number of nitrogens with zero attached hydrogens (tertiary/aromatic N) is 4. The molecule has 1 aliphatic heterocycles. The fourth-order valence-corrected chi connectivity index (χ4v) is 2.99. The third-order valence-corrected chi connectivity index (χ3v) is 4.49. The summed E-state index contributed by atoms with van der Waals surface area (Å²) in [6.07, 6.45) is 2.17. The van der Waals surface area contributed by atoms with Crippen molar-refractivity contribution in [2.45, 2.75) is 26.3 Å². The second kappa shape index (κ2) is 5.11. The molecular formula is C15H20N4O2. The number of aromatic carboxylic acids is 1. The van der Waals surface area contributed by atoms with Crippen LogP contribution in [0.2, 0.25) is 0 Å². The summed E-state index contributed by atoms with van der Waals surface area (Å²) in [4.78, 5) is 13.7. The molecule has 6 heteroatoms. The molecule has 3 rings (SSSR count). The highest BCUT2D eigenvalue weighted by molar-refractivity contribution is 6.00. The molecule has 2 heterocycles. The molecule has 0 spiro atoms. The van der Waals surface area contributed by atoms with E-state index in [0.717, 1.165) is 25.9 Å². The molecule has 1 aromatic carbocycles. The van der Waals surface area contributed by atoms with Gasteiger partial charge in [-0.2, -0.15) is 0 Å². The minimum absolute atomic E-state index is 0.138. The van der Waals surface area contributed by atoms with Crippen molar-refractivity contribution in [1.29, 1.82) is 0 Å². The zero-order valence-electron chi connectivity index (χ0n) is 12.4. The van der Waals surface area contributed by atoms with Crippen LogP contribution < -0.4 is 0 Å². The Bertz CT molecular complexity index is 671. The molecule has 0 amide bonds. The number of para-hydroxylation sites is 1. The maximum absolute atomic E-state index is 11.4. The molecule has 1 aromatic heterocycles. The van der Waals surface area contributed by atoms with Gasteiger partial charge in [0.05, 0.1) is 5.56 Å². The number of piperidine rings is 1. The number of carbonyl (C=O) groups is 1. The summed E-state index contributed by atoms with van der Waals surface area (Å²) in [5, 5.41) is 17.7. The Kier molecular flexibility index (Phi) is 3.41. The van der Waals surface area contributed by atoms with Gasteiger partial charge in [0.25, 0.3) is 0 Å². The Morgan fingerprint density at radius 3 is 2.76 bits per heavy atom. The van der Waals surface area contributed by atoms with Crippen molar-refractivity contribution >= 4 is 17.0 Å². The van der Waals surface area contributed by atoms with E-state index in [0.29, 0.717) is 17.6 Å². The fourth-order valence-electron chi connectivity index (χ4n) is 2.99. The normalized spacial score (nSPS) is 19.0. The number of aromatic nitrogens is 3. The largest absolute Gasteiger partial charge is 0.478 e. The Morgan fingerprint density at radius 2 is 2.10 bits per heavy atom. The minimum Gasteiger partial charge on any atom is -0.478 e. The lowest BCUT2D eigenvalue weighted by molar-refractivity contribution is 0.0697. The van der Waals surface area contributed by atoms with E-state index in [1.165, 1.54) is 0 Å². The smallest absolute Gasteiger partial charge is 0.337 e. The van der Waals surface area contributed by atoms with Crippen LogP contribution in [0.1, 0.15) is 30.1 Å². The average Bonchev–Trinajstić information content (AvgIpc) is 2.85. The topological polar surface area (TPSA) is 71.2 Å². The number of likely N-dealkylation sites (tertiary alicyclic amines) is 1. The van der Waals surface area contributed by atoms with Crippen LogP contribution in [0, 0.1) is 5.41 Å². The number of carboxylic acids is 1. The fraction of sp³-hybridized carbons (Fsp3) is 0.533. The summed E-state index contributed by atoms with van der Waals surface area (Å²) in [6.45, 7) is 5.09. The van der Waals surface area contributed by atoms with E-state index in [2.05, 4.69) is 29.2 Å². The van der Waals surface area contributed by atoms with Gasteiger partial charge in [-0.25, -0.2) is 9.48 Å². The van der Waals surface area contributed by atoms with Crippen LogP contribution in [-0.2, 0) is 6.54 Å². The highest BCUT2D eigenvalue weighted by Crippen LogP contribution is 2.33. The van der Waals surface area contributed by atoms with Gasteiger partial charge in [-0.3, -0.25) is 0 Å². The molecule has 2 aromatic rings. The maximum atomic E-state index is 11.4. The molecule has 0 radical (unpaired) electrons. The predicted octanol–water partition coefficient (Wildman–Crippen LogP) is 1.86. The van der Waals surface area contributed by atoms with Crippen LogP contribution in [0.4, 0.5) is 0 Å². The lowest BCUT2D eigenvalue weighted by atomic mass is 9.80. The Hall–Kier alpha value is -1.95. The van der Waals surface area contributed by atoms with Crippen LogP contribution in [0.5, 0.6) is 0 Å². The first kappa shape index (κ1) is 14.0. The second-order valence-electron chi connectivity index (χ2n) is 6.34. The summed E-state index contributed by atoms with van der Waals surface area (Å²) < 4.78 is 1.77. The Balaban J connectivity index is 1.96. The lowest BCUT2D eigenvalue weighted by Crippen LogP contribution is -2.38. The molecule has 6 nitrogen and oxygen atoms in total. The number of benzene rings is 1. The number of fused-ring (bicyclic) bond motifs is 1. The third kappa shape index (κ3) is 2.63. The quantitative estimate of drug-likeness (QED) is 0.933. The van der Waals surface area contributed by atoms with Crippen molar-refractivity contribution in [2.24, 2.45) is 5.41 Å². The molecule has 112 valence electrons. The van der Waals surface area contributed by atoms with E-state index < -0.39 is 5.97 Å². The molecule has 0 bridgehead atoms. The van der Waals surface area contributed by atoms with E-state index in [9.17, 15) is 9.90 Å². The van der Waals surface area contributed by atoms with Gasteiger partial charge in [0, 0.05) is 6.54 Å². The summed E-state index contributed by atoms with van der Waals surface area (Å²) in [7, 11) is 2.13. The van der Waals surface area contributed by atoms with Gasteiger partial charge in [0.2, 0.25) is 0 Å². The number of rotatable bonds is 3. The molecule has 1 saturated heterocycles. The van der Waals surface area contributed by atoms with Gasteiger partial charge in [-0.15, -0.1) is 5.10 Å². The first-order valence-corrected chi connectivity index (χ1v) is 7.23. The molecule has 1 N–H and O–H groups in total. The van der Waals surface area contributed by atoms with Crippen LogP contribution in [-0.4, -0.2) is 51.1 Å². The van der Waals surface area contributed by atoms with E-state index >= 15 is 0 Å². The van der Waals surface area contributed by atoms with Crippen LogP contribution >= 0.6 is 0 Å². The zero-order chi connectivity index (χ0) is 15.0. The molecule has 1 fully saturated rings. The molecule has 0 atom stereocenters. The van der Waals surface area contributed by atoms with Crippen LogP contribution in [0.25, 0.3) is 11.0 Å². The first-order chi connectivity index (χ1) is 9.98. The van der Waals surface area contributed by atoms with Crippen LogP contribution in [0.3, 0.4) is 0 Å². The van der Waals surface area contributed by atoms with Crippen molar-refractivity contribution in [3.8, 4) is 0 Å². The van der Waals surface area contributed by atoms with Crippen molar-refractivity contribution < 1.29 is 9.90 Å². The molecular weight excluding hydrogens is 268 g/mol. The van der Waals surface area contributed by atoms with Gasteiger partial charge < -0.3 is 10.0 Å². The third-order valence-electron chi connectivity index (χ3n) is 4.49. The maximum Gasteiger partial charge on any atom is 0.337 e. The van der Waals surface area contributed by atoms with Crippen LogP contribution in [0.15, 0.2) is 18.2 Å². The van der Waals surface area contributed by atoms with Crippen molar-refractivity contribution in [3.05, 3.63) is 23.8 Å². The number of carboxylic acid groups (broad SMARTS) is 1. The zero-order valence-corrected chi connectivity index (χ0v) is 12.4. The van der Waals surface area contributed by atoms with Crippen molar-refractivity contribution in [1.82, 2.24) is 19.9 Å². The van der Waals surface area contributed by atoms with E-state index in [-0.39, 0.29) is 11.0 Å². The van der Waals surface area contributed by atoms with Crippen molar-refractivity contribution in [3.63, 3.8) is 0 Å². The van der Waals surface area contributed by atoms with Gasteiger partial charge in [-0.05, 0) is 50.5 Å². The van der Waals surface area contributed by atoms with E-state index in [1.54, 1.807) is 16.8 Å².